The van der Waals surface area contributed by atoms with Gasteiger partial charge in [0, 0.05) is 19.3 Å². The van der Waals surface area contributed by atoms with E-state index in [1.54, 1.807) is 21.1 Å². The summed E-state index contributed by atoms with van der Waals surface area (Å²) in [7, 11) is 5.41. The lowest BCUT2D eigenvalue weighted by atomic mass is 10.0. The first-order valence-corrected chi connectivity index (χ1v) is 27.6. The molecule has 68 heavy (non-hydrogen) atoms. The number of hydrogen-bond donors (Lipinski definition) is 0. The van der Waals surface area contributed by atoms with Crippen molar-refractivity contribution in [2.24, 2.45) is 0 Å². The van der Waals surface area contributed by atoms with E-state index in [1.807, 2.05) is 0 Å². The van der Waals surface area contributed by atoms with Crippen LogP contribution in [0.5, 0.6) is 0 Å². The van der Waals surface area contributed by atoms with Crippen LogP contribution in [0.1, 0.15) is 226 Å². The van der Waals surface area contributed by atoms with E-state index in [0.29, 0.717) is 12.8 Å². The summed E-state index contributed by atoms with van der Waals surface area (Å²) in [5.74, 6) is -1.75. The van der Waals surface area contributed by atoms with Crippen molar-refractivity contribution in [3.63, 3.8) is 0 Å². The molecule has 0 N–H and O–H groups in total. The van der Waals surface area contributed by atoms with Crippen molar-refractivity contribution < 1.29 is 38.2 Å². The number of nitrogens with zero attached hydrogens (tertiary/aromatic N) is 1. The van der Waals surface area contributed by atoms with Gasteiger partial charge in [-0.1, -0.05) is 208 Å². The van der Waals surface area contributed by atoms with E-state index >= 15 is 0 Å². The lowest BCUT2D eigenvalue weighted by molar-refractivity contribution is -0.889. The fourth-order valence-corrected chi connectivity index (χ4v) is 7.84. The van der Waals surface area contributed by atoms with Gasteiger partial charge in [-0.3, -0.25) is 9.59 Å². The second-order valence-electron chi connectivity index (χ2n) is 19.4. The monoisotopic (exact) mass is 950 g/mol. The molecule has 0 rings (SSSR count). The highest BCUT2D eigenvalue weighted by atomic mass is 16.6. The van der Waals surface area contributed by atoms with E-state index in [2.05, 4.69) is 98.9 Å². The predicted molar refractivity (Wildman–Crippen MR) is 286 cm³/mol. The van der Waals surface area contributed by atoms with Crippen LogP contribution in [0.3, 0.4) is 0 Å². The number of carbonyl (C=O) groups is 3. The van der Waals surface area contributed by atoms with Crippen LogP contribution in [0.2, 0.25) is 0 Å². The second kappa shape index (κ2) is 49.9. The van der Waals surface area contributed by atoms with E-state index in [1.165, 1.54) is 103 Å². The third kappa shape index (κ3) is 47.6. The number of allylic oxidation sites excluding steroid dienone is 14. The van der Waals surface area contributed by atoms with Crippen molar-refractivity contribution in [3.8, 4) is 0 Å². The highest BCUT2D eigenvalue weighted by Crippen LogP contribution is 2.16. The Hall–Kier alpha value is -3.49. The molecule has 0 saturated heterocycles. The third-order valence-electron chi connectivity index (χ3n) is 12.0. The summed E-state index contributed by atoms with van der Waals surface area (Å²) in [6.07, 6.45) is 66.2. The van der Waals surface area contributed by atoms with E-state index in [9.17, 15) is 19.5 Å². The Bertz CT molecular complexity index is 1380. The SMILES string of the molecule is CC/C=C/C/C=C/C/C=C/C/C=C/C/C=C/CCCCCCCCCC(=O)OCC(COCCC(C(=O)[O-])[N+](C)(C)C)OC(=O)CCCCCCCCCCCCCCCC/C=C/C/C=C/CC. The van der Waals surface area contributed by atoms with Crippen molar-refractivity contribution >= 4 is 17.9 Å². The Labute approximate surface area is 418 Å². The number of hydrogen-bond acceptors (Lipinski definition) is 7. The first-order chi connectivity index (χ1) is 33.1. The Morgan fingerprint density at radius 2 is 0.779 bits per heavy atom. The maximum absolute atomic E-state index is 12.8. The first-order valence-electron chi connectivity index (χ1n) is 27.6. The van der Waals surface area contributed by atoms with Gasteiger partial charge in [-0.2, -0.15) is 0 Å². The van der Waals surface area contributed by atoms with Crippen LogP contribution < -0.4 is 5.11 Å². The van der Waals surface area contributed by atoms with Crippen molar-refractivity contribution in [2.45, 2.75) is 238 Å². The number of ether oxygens (including phenoxy) is 3. The Morgan fingerprint density at radius 3 is 1.15 bits per heavy atom. The molecule has 0 saturated carbocycles. The van der Waals surface area contributed by atoms with E-state index in [-0.39, 0.29) is 42.7 Å². The van der Waals surface area contributed by atoms with Crippen LogP contribution in [0, 0.1) is 0 Å². The largest absolute Gasteiger partial charge is 0.544 e. The van der Waals surface area contributed by atoms with Crippen LogP contribution in [0.25, 0.3) is 0 Å². The Kier molecular flexibility index (Phi) is 47.4. The second-order valence-corrected chi connectivity index (χ2v) is 19.4. The number of likely N-dealkylation sites (N-methyl/N-ethyl adjacent to an activating group) is 1. The van der Waals surface area contributed by atoms with Gasteiger partial charge in [-0.15, -0.1) is 0 Å². The van der Waals surface area contributed by atoms with Crippen molar-refractivity contribution in [1.29, 1.82) is 0 Å². The van der Waals surface area contributed by atoms with Gasteiger partial charge >= 0.3 is 11.9 Å². The Balaban J connectivity index is 4.22. The van der Waals surface area contributed by atoms with Gasteiger partial charge in [0.1, 0.15) is 12.6 Å². The standard InChI is InChI=1S/C60H103NO7/c1-6-8-10-12-14-16-18-20-22-24-26-28-29-31-32-34-36-38-40-42-44-46-48-50-58(62)67-55-56(54-66-53-52-57(60(64)65)61(3,4)5)68-59(63)51-49-47-45-43-41-39-37-35-33-30-27-25-23-21-19-17-15-13-11-9-7-2/h8-11,14-17,20,22,26,28,31-32,56-57H,6-7,12-13,18-19,21,23-25,27,29-30,33-55H2,1-5H3/b10-8+,11-9+,16-14+,17-15+,22-20+,28-26+,32-31+. The molecule has 8 heteroatoms. The van der Waals surface area contributed by atoms with Crippen LogP contribution in [0.4, 0.5) is 0 Å². The van der Waals surface area contributed by atoms with Gasteiger partial charge in [0.05, 0.1) is 40.3 Å². The number of rotatable bonds is 49. The van der Waals surface area contributed by atoms with Gasteiger partial charge in [-0.05, 0) is 83.5 Å². The molecular weight excluding hydrogens is 847 g/mol. The number of quaternary nitrogens is 1. The van der Waals surface area contributed by atoms with E-state index < -0.39 is 18.1 Å². The van der Waals surface area contributed by atoms with Crippen molar-refractivity contribution in [3.05, 3.63) is 85.1 Å². The summed E-state index contributed by atoms with van der Waals surface area (Å²) in [4.78, 5) is 37.1. The molecule has 0 aromatic carbocycles. The average molecular weight is 950 g/mol. The highest BCUT2D eigenvalue weighted by molar-refractivity contribution is 5.70. The third-order valence-corrected chi connectivity index (χ3v) is 12.0. The zero-order chi connectivity index (χ0) is 49.9. The molecule has 0 aromatic rings. The minimum Gasteiger partial charge on any atom is -0.544 e. The lowest BCUT2D eigenvalue weighted by Gasteiger charge is -2.34. The van der Waals surface area contributed by atoms with Crippen molar-refractivity contribution in [1.82, 2.24) is 0 Å². The predicted octanol–water partition coefficient (Wildman–Crippen LogP) is 15.1. The average Bonchev–Trinajstić information content (AvgIpc) is 3.30. The zero-order valence-corrected chi connectivity index (χ0v) is 44.5. The minimum atomic E-state index is -1.13. The van der Waals surface area contributed by atoms with Gasteiger partial charge in [0.25, 0.3) is 0 Å². The molecule has 0 radical (unpaired) electrons. The number of esters is 2. The number of carboxylic acid groups (broad SMARTS) is 1. The van der Waals surface area contributed by atoms with Crippen LogP contribution >= 0.6 is 0 Å². The van der Waals surface area contributed by atoms with Gasteiger partial charge in [0.2, 0.25) is 0 Å². The number of unbranched alkanes of at least 4 members (excludes halogenated alkanes) is 21. The lowest BCUT2D eigenvalue weighted by Crippen LogP contribution is -2.55. The maximum atomic E-state index is 12.8. The van der Waals surface area contributed by atoms with Crippen LogP contribution in [-0.4, -0.2) is 75.5 Å². The molecule has 0 aromatic heterocycles. The smallest absolute Gasteiger partial charge is 0.306 e. The van der Waals surface area contributed by atoms with Crippen LogP contribution in [-0.2, 0) is 28.6 Å². The summed E-state index contributed by atoms with van der Waals surface area (Å²) in [6, 6.07) is -0.732. The fraction of sp³-hybridized carbons (Fsp3) is 0.717. The molecule has 0 aliphatic rings. The summed E-state index contributed by atoms with van der Waals surface area (Å²) in [5, 5.41) is 11.7. The van der Waals surface area contributed by atoms with E-state index in [0.717, 1.165) is 89.9 Å². The summed E-state index contributed by atoms with van der Waals surface area (Å²) >= 11 is 0. The molecule has 0 aliphatic heterocycles. The molecule has 0 fully saturated rings. The molecule has 0 heterocycles. The van der Waals surface area contributed by atoms with Crippen LogP contribution in [0.15, 0.2) is 85.1 Å². The summed E-state index contributed by atoms with van der Waals surface area (Å²) < 4.78 is 17.3. The Morgan fingerprint density at radius 1 is 0.441 bits per heavy atom. The molecule has 8 nitrogen and oxygen atoms in total. The van der Waals surface area contributed by atoms with Gasteiger partial charge in [0.15, 0.2) is 6.10 Å². The molecule has 2 unspecified atom stereocenters. The maximum Gasteiger partial charge on any atom is 0.306 e. The molecule has 0 amide bonds. The van der Waals surface area contributed by atoms with Crippen molar-refractivity contribution in [2.75, 3.05) is 41.0 Å². The fourth-order valence-electron chi connectivity index (χ4n) is 7.84. The summed E-state index contributed by atoms with van der Waals surface area (Å²) in [6.45, 7) is 4.45. The quantitative estimate of drug-likeness (QED) is 0.0259. The molecule has 0 aliphatic carbocycles. The minimum absolute atomic E-state index is 0.0342. The highest BCUT2D eigenvalue weighted by Gasteiger charge is 2.25. The van der Waals surface area contributed by atoms with Gasteiger partial charge in [-0.25, -0.2) is 0 Å². The topological polar surface area (TPSA) is 102 Å². The van der Waals surface area contributed by atoms with Gasteiger partial charge < -0.3 is 28.6 Å². The summed E-state index contributed by atoms with van der Waals surface area (Å²) in [5.41, 5.74) is 0. The number of aliphatic carboxylic acids is 1. The molecule has 390 valence electrons. The molecular formula is C60H103NO7. The normalized spacial score (nSPS) is 13.5. The zero-order valence-electron chi connectivity index (χ0n) is 44.5. The first kappa shape index (κ1) is 64.5. The number of carboxylic acids is 1. The molecule has 0 bridgehead atoms. The van der Waals surface area contributed by atoms with E-state index in [4.69, 9.17) is 14.2 Å². The molecule has 2 atom stereocenters. The molecule has 0 spiro atoms. The number of carbonyl (C=O) groups excluding carboxylic acids is 3.